The average molecular weight is 486 g/mol. The highest BCUT2D eigenvalue weighted by Gasteiger charge is 2.31. The quantitative estimate of drug-likeness (QED) is 0.588. The molecule has 0 bridgehead atoms. The molecule has 4 rings (SSSR count). The Morgan fingerprint density at radius 3 is 2.69 bits per heavy atom. The van der Waals surface area contributed by atoms with Crippen LogP contribution in [0.5, 0.6) is 11.5 Å². The molecule has 1 aromatic heterocycles. The van der Waals surface area contributed by atoms with Crippen LogP contribution in [0.15, 0.2) is 27.8 Å². The second-order valence-corrected chi connectivity index (χ2v) is 9.02. The number of aromatic nitrogens is 2. The Balaban J connectivity index is 1.56. The van der Waals surface area contributed by atoms with E-state index in [2.05, 4.69) is 9.88 Å². The summed E-state index contributed by atoms with van der Waals surface area (Å²) in [5, 5.41) is 0. The molecule has 1 saturated heterocycles. The Hall–Kier alpha value is -3.27. The van der Waals surface area contributed by atoms with Crippen molar-refractivity contribution in [2.75, 3.05) is 43.5 Å². The van der Waals surface area contributed by atoms with E-state index in [1.54, 1.807) is 6.92 Å². The largest absolute Gasteiger partial charge is 0.490 e. The highest BCUT2D eigenvalue weighted by Crippen LogP contribution is 2.38. The Labute approximate surface area is 204 Å². The summed E-state index contributed by atoms with van der Waals surface area (Å²) in [4.78, 5) is 44.3. The number of nitrogens with one attached hydrogen (secondary N) is 1. The maximum atomic E-state index is 13.4. The zero-order valence-corrected chi connectivity index (χ0v) is 20.5. The van der Waals surface area contributed by atoms with Gasteiger partial charge in [-0.3, -0.25) is 24.0 Å². The molecule has 0 spiro atoms. The van der Waals surface area contributed by atoms with Gasteiger partial charge in [-0.25, -0.2) is 4.79 Å². The minimum absolute atomic E-state index is 0.0308. The SMILES string of the molecule is CCCCn1c(N)c(N(CC)C(=O)CN2CCCC2c2ccc3c(c2)OCCCO3)c(=O)[nH]c1=O. The predicted molar refractivity (Wildman–Crippen MR) is 134 cm³/mol. The maximum absolute atomic E-state index is 13.4. The highest BCUT2D eigenvalue weighted by atomic mass is 16.5. The van der Waals surface area contributed by atoms with Crippen LogP contribution in [0, 0.1) is 0 Å². The van der Waals surface area contributed by atoms with Crippen molar-refractivity contribution in [3.05, 3.63) is 44.6 Å². The molecule has 0 aliphatic carbocycles. The lowest BCUT2D eigenvalue weighted by Crippen LogP contribution is -2.45. The molecule has 1 fully saturated rings. The van der Waals surface area contributed by atoms with E-state index in [-0.39, 0.29) is 36.5 Å². The zero-order chi connectivity index (χ0) is 24.9. The molecule has 2 aliphatic heterocycles. The van der Waals surface area contributed by atoms with E-state index in [0.29, 0.717) is 19.8 Å². The lowest BCUT2D eigenvalue weighted by Gasteiger charge is -2.29. The molecule has 0 saturated carbocycles. The molecule has 2 aromatic rings. The van der Waals surface area contributed by atoms with Gasteiger partial charge in [0.1, 0.15) is 5.82 Å². The second kappa shape index (κ2) is 11.0. The van der Waals surface area contributed by atoms with Crippen molar-refractivity contribution < 1.29 is 14.3 Å². The molecule has 1 aromatic carbocycles. The second-order valence-electron chi connectivity index (χ2n) is 9.02. The van der Waals surface area contributed by atoms with Gasteiger partial charge in [0.2, 0.25) is 5.91 Å². The van der Waals surface area contributed by atoms with Crippen molar-refractivity contribution >= 4 is 17.4 Å². The number of nitrogens with two attached hydrogens (primary N) is 1. The third-order valence-electron chi connectivity index (χ3n) is 6.69. The number of nitrogen functional groups attached to an aromatic ring is 1. The summed E-state index contributed by atoms with van der Waals surface area (Å²) in [5.74, 6) is 1.29. The first kappa shape index (κ1) is 24.8. The van der Waals surface area contributed by atoms with Crippen LogP contribution >= 0.6 is 0 Å². The first-order valence-corrected chi connectivity index (χ1v) is 12.5. The number of amides is 1. The summed E-state index contributed by atoms with van der Waals surface area (Å²) in [5.41, 5.74) is 6.18. The number of H-pyrrole nitrogens is 1. The lowest BCUT2D eigenvalue weighted by molar-refractivity contribution is -0.120. The van der Waals surface area contributed by atoms with Crippen LogP contribution in [-0.2, 0) is 11.3 Å². The molecule has 190 valence electrons. The van der Waals surface area contributed by atoms with E-state index in [9.17, 15) is 14.4 Å². The van der Waals surface area contributed by atoms with Gasteiger partial charge in [-0.15, -0.1) is 0 Å². The van der Waals surface area contributed by atoms with E-state index in [1.165, 1.54) is 9.47 Å². The maximum Gasteiger partial charge on any atom is 0.330 e. The lowest BCUT2D eigenvalue weighted by atomic mass is 10.0. The molecular formula is C25H35N5O5. The van der Waals surface area contributed by atoms with Gasteiger partial charge in [-0.05, 0) is 50.4 Å². The third kappa shape index (κ3) is 5.22. The van der Waals surface area contributed by atoms with Gasteiger partial charge < -0.3 is 20.1 Å². The summed E-state index contributed by atoms with van der Waals surface area (Å²) in [6, 6.07) is 6.04. The number of unbranched alkanes of at least 4 members (excludes halogenated alkanes) is 1. The van der Waals surface area contributed by atoms with Crippen molar-refractivity contribution in [2.24, 2.45) is 0 Å². The highest BCUT2D eigenvalue weighted by molar-refractivity contribution is 5.96. The van der Waals surface area contributed by atoms with Crippen molar-refractivity contribution in [2.45, 2.75) is 58.5 Å². The molecule has 3 N–H and O–H groups in total. The number of anilines is 2. The molecule has 2 aliphatic rings. The smallest absolute Gasteiger partial charge is 0.330 e. The normalized spacial score (nSPS) is 17.8. The summed E-state index contributed by atoms with van der Waals surface area (Å²) < 4.78 is 12.9. The Morgan fingerprint density at radius 1 is 1.17 bits per heavy atom. The zero-order valence-electron chi connectivity index (χ0n) is 20.5. The van der Waals surface area contributed by atoms with Gasteiger partial charge in [0.05, 0.1) is 19.8 Å². The van der Waals surface area contributed by atoms with E-state index in [4.69, 9.17) is 15.2 Å². The number of aromatic amines is 1. The minimum atomic E-state index is -0.642. The topological polar surface area (TPSA) is 123 Å². The van der Waals surface area contributed by atoms with Crippen LogP contribution in [0.4, 0.5) is 11.5 Å². The summed E-state index contributed by atoms with van der Waals surface area (Å²) in [7, 11) is 0. The number of ether oxygens (including phenoxy) is 2. The number of likely N-dealkylation sites (N-methyl/N-ethyl adjacent to an activating group) is 1. The molecule has 0 radical (unpaired) electrons. The standard InChI is InChI=1S/C25H35N5O5/c1-3-5-12-30-23(26)22(24(32)27-25(30)33)29(4-2)21(31)16-28-11-6-8-18(28)17-9-10-19-20(15-17)35-14-7-13-34-19/h9-10,15,18H,3-8,11-14,16,26H2,1-2H3,(H,27,32,33). The molecule has 35 heavy (non-hydrogen) atoms. The first-order chi connectivity index (χ1) is 16.9. The summed E-state index contributed by atoms with van der Waals surface area (Å²) in [6.07, 6.45) is 4.33. The van der Waals surface area contributed by atoms with Gasteiger partial charge in [0, 0.05) is 25.6 Å². The number of nitrogens with zero attached hydrogens (tertiary/aromatic N) is 3. The molecule has 10 nitrogen and oxygen atoms in total. The monoisotopic (exact) mass is 485 g/mol. The molecule has 1 unspecified atom stereocenters. The first-order valence-electron chi connectivity index (χ1n) is 12.5. The number of carbonyl (C=O) groups excluding carboxylic acids is 1. The predicted octanol–water partition coefficient (Wildman–Crippen LogP) is 2.27. The van der Waals surface area contributed by atoms with E-state index in [0.717, 1.165) is 55.7 Å². The Kier molecular flexibility index (Phi) is 7.80. The summed E-state index contributed by atoms with van der Waals surface area (Å²) >= 11 is 0. The van der Waals surface area contributed by atoms with Crippen molar-refractivity contribution in [1.82, 2.24) is 14.5 Å². The molecular weight excluding hydrogens is 450 g/mol. The number of fused-ring (bicyclic) bond motifs is 1. The van der Waals surface area contributed by atoms with Crippen molar-refractivity contribution in [1.29, 1.82) is 0 Å². The van der Waals surface area contributed by atoms with Gasteiger partial charge >= 0.3 is 5.69 Å². The fraction of sp³-hybridized carbons (Fsp3) is 0.560. The summed E-state index contributed by atoms with van der Waals surface area (Å²) in [6.45, 7) is 6.61. The number of carbonyl (C=O) groups is 1. The number of hydrogen-bond donors (Lipinski definition) is 2. The molecule has 10 heteroatoms. The van der Waals surface area contributed by atoms with Crippen LogP contribution in [0.2, 0.25) is 0 Å². The van der Waals surface area contributed by atoms with E-state index in [1.807, 2.05) is 25.1 Å². The van der Waals surface area contributed by atoms with Crippen LogP contribution in [-0.4, -0.2) is 53.2 Å². The Bertz CT molecular complexity index is 1170. The van der Waals surface area contributed by atoms with Crippen LogP contribution in [0.1, 0.15) is 57.6 Å². The third-order valence-corrected chi connectivity index (χ3v) is 6.69. The van der Waals surface area contributed by atoms with E-state index >= 15 is 0 Å². The van der Waals surface area contributed by atoms with Gasteiger partial charge in [-0.2, -0.15) is 0 Å². The van der Waals surface area contributed by atoms with Crippen LogP contribution in [0.25, 0.3) is 0 Å². The van der Waals surface area contributed by atoms with Gasteiger partial charge in [0.15, 0.2) is 17.2 Å². The van der Waals surface area contributed by atoms with Crippen molar-refractivity contribution in [3.63, 3.8) is 0 Å². The average Bonchev–Trinajstić information content (AvgIpc) is 3.16. The molecule has 3 heterocycles. The number of rotatable bonds is 8. The van der Waals surface area contributed by atoms with Gasteiger partial charge in [0.25, 0.3) is 5.56 Å². The number of benzene rings is 1. The van der Waals surface area contributed by atoms with Crippen LogP contribution < -0.4 is 31.4 Å². The molecule has 1 amide bonds. The fourth-order valence-corrected chi connectivity index (χ4v) is 4.87. The van der Waals surface area contributed by atoms with Crippen molar-refractivity contribution in [3.8, 4) is 11.5 Å². The fourth-order valence-electron chi connectivity index (χ4n) is 4.87. The Morgan fingerprint density at radius 2 is 1.94 bits per heavy atom. The number of likely N-dealkylation sites (tertiary alicyclic amines) is 1. The minimum Gasteiger partial charge on any atom is -0.490 e. The van der Waals surface area contributed by atoms with Gasteiger partial charge in [-0.1, -0.05) is 19.4 Å². The van der Waals surface area contributed by atoms with E-state index < -0.39 is 11.2 Å². The molecule has 1 atom stereocenters. The number of hydrogen-bond acceptors (Lipinski definition) is 7. The van der Waals surface area contributed by atoms with Crippen LogP contribution in [0.3, 0.4) is 0 Å².